The van der Waals surface area contributed by atoms with E-state index in [9.17, 15) is 0 Å². The van der Waals surface area contributed by atoms with Gasteiger partial charge in [0.1, 0.15) is 0 Å². The van der Waals surface area contributed by atoms with E-state index in [0.29, 0.717) is 0 Å². The molecular formula is C12H21N3. The Hall–Kier alpha value is -1.25. The molecule has 0 radical (unpaired) electrons. The van der Waals surface area contributed by atoms with E-state index in [2.05, 4.69) is 35.1 Å². The van der Waals surface area contributed by atoms with Crippen LogP contribution < -0.4 is 10.2 Å². The fraction of sp³-hybridized carbons (Fsp3) is 0.583. The first-order chi connectivity index (χ1) is 7.31. The van der Waals surface area contributed by atoms with Gasteiger partial charge in [-0.3, -0.25) is 4.98 Å². The van der Waals surface area contributed by atoms with Crippen molar-refractivity contribution in [3.05, 3.63) is 18.5 Å². The highest BCUT2D eigenvalue weighted by atomic mass is 15.1. The lowest BCUT2D eigenvalue weighted by Crippen LogP contribution is -2.24. The summed E-state index contributed by atoms with van der Waals surface area (Å²) in [7, 11) is 1.92. The predicted octanol–water partition coefficient (Wildman–Crippen LogP) is 2.75. The maximum atomic E-state index is 4.24. The number of hydrogen-bond donors (Lipinski definition) is 1. The normalized spacial score (nSPS) is 10.1. The molecular weight excluding hydrogens is 186 g/mol. The molecule has 3 heteroatoms. The van der Waals surface area contributed by atoms with Gasteiger partial charge < -0.3 is 10.2 Å². The molecule has 1 heterocycles. The van der Waals surface area contributed by atoms with Crippen LogP contribution in [0.4, 0.5) is 11.4 Å². The average molecular weight is 207 g/mol. The van der Waals surface area contributed by atoms with Crippen molar-refractivity contribution in [3.63, 3.8) is 0 Å². The van der Waals surface area contributed by atoms with Gasteiger partial charge in [-0.1, -0.05) is 13.8 Å². The van der Waals surface area contributed by atoms with Crippen LogP contribution in [0.25, 0.3) is 0 Å². The number of nitrogens with zero attached hydrogens (tertiary/aromatic N) is 2. The third kappa shape index (κ3) is 3.42. The molecule has 0 amide bonds. The molecule has 0 unspecified atom stereocenters. The van der Waals surface area contributed by atoms with Gasteiger partial charge in [-0.05, 0) is 18.9 Å². The van der Waals surface area contributed by atoms with E-state index in [4.69, 9.17) is 0 Å². The smallest absolute Gasteiger partial charge is 0.0573 e. The van der Waals surface area contributed by atoms with Crippen LogP contribution in [0, 0.1) is 0 Å². The fourth-order valence-corrected chi connectivity index (χ4v) is 1.65. The van der Waals surface area contributed by atoms with Crippen molar-refractivity contribution < 1.29 is 0 Å². The second-order valence-corrected chi connectivity index (χ2v) is 3.67. The number of aromatic nitrogens is 1. The van der Waals surface area contributed by atoms with Gasteiger partial charge in [-0.2, -0.15) is 0 Å². The summed E-state index contributed by atoms with van der Waals surface area (Å²) in [5, 5.41) is 3.12. The van der Waals surface area contributed by atoms with Crippen molar-refractivity contribution in [1.29, 1.82) is 0 Å². The molecule has 1 rings (SSSR count). The molecule has 0 aromatic carbocycles. The Balaban J connectivity index is 2.79. The second-order valence-electron chi connectivity index (χ2n) is 3.67. The number of hydrogen-bond acceptors (Lipinski definition) is 3. The van der Waals surface area contributed by atoms with E-state index in [1.807, 2.05) is 19.4 Å². The minimum atomic E-state index is 1.07. The van der Waals surface area contributed by atoms with Gasteiger partial charge in [0.15, 0.2) is 0 Å². The van der Waals surface area contributed by atoms with Gasteiger partial charge in [-0.25, -0.2) is 0 Å². The molecule has 1 aromatic rings. The standard InChI is InChI=1S/C12H21N3/c1-4-6-15(7-5-2)12-8-11(13-3)9-14-10-12/h8-10,13H,4-7H2,1-3H3. The Kier molecular flexibility index (Phi) is 4.95. The van der Waals surface area contributed by atoms with Crippen molar-refractivity contribution in [1.82, 2.24) is 4.98 Å². The summed E-state index contributed by atoms with van der Waals surface area (Å²) >= 11 is 0. The Labute approximate surface area is 92.5 Å². The number of pyridine rings is 1. The molecule has 0 fully saturated rings. The van der Waals surface area contributed by atoms with E-state index in [1.54, 1.807) is 0 Å². The van der Waals surface area contributed by atoms with Gasteiger partial charge in [0.25, 0.3) is 0 Å². The summed E-state index contributed by atoms with van der Waals surface area (Å²) in [5.41, 5.74) is 2.29. The fourth-order valence-electron chi connectivity index (χ4n) is 1.65. The summed E-state index contributed by atoms with van der Waals surface area (Å²) in [5.74, 6) is 0. The van der Waals surface area contributed by atoms with Crippen molar-refractivity contribution >= 4 is 11.4 Å². The van der Waals surface area contributed by atoms with Crippen LogP contribution in [-0.4, -0.2) is 25.1 Å². The third-order valence-electron chi connectivity index (χ3n) is 2.36. The second kappa shape index (κ2) is 6.27. The molecule has 0 aliphatic rings. The van der Waals surface area contributed by atoms with Crippen molar-refractivity contribution in [2.45, 2.75) is 26.7 Å². The molecule has 0 saturated heterocycles. The van der Waals surface area contributed by atoms with Crippen LogP contribution in [-0.2, 0) is 0 Å². The maximum Gasteiger partial charge on any atom is 0.0573 e. The lowest BCUT2D eigenvalue weighted by Gasteiger charge is -2.23. The zero-order chi connectivity index (χ0) is 11.1. The minimum absolute atomic E-state index is 1.07. The van der Waals surface area contributed by atoms with Gasteiger partial charge in [-0.15, -0.1) is 0 Å². The molecule has 0 saturated carbocycles. The van der Waals surface area contributed by atoms with Crippen LogP contribution in [0.15, 0.2) is 18.5 Å². The molecule has 0 bridgehead atoms. The van der Waals surface area contributed by atoms with E-state index < -0.39 is 0 Å². The van der Waals surface area contributed by atoms with Crippen LogP contribution in [0.2, 0.25) is 0 Å². The van der Waals surface area contributed by atoms with Gasteiger partial charge >= 0.3 is 0 Å². The van der Waals surface area contributed by atoms with E-state index in [-0.39, 0.29) is 0 Å². The van der Waals surface area contributed by atoms with E-state index in [1.165, 1.54) is 18.5 Å². The summed E-state index contributed by atoms with van der Waals surface area (Å²) < 4.78 is 0. The first-order valence-electron chi connectivity index (χ1n) is 5.69. The minimum Gasteiger partial charge on any atom is -0.387 e. The maximum absolute atomic E-state index is 4.24. The average Bonchev–Trinajstić information content (AvgIpc) is 2.29. The van der Waals surface area contributed by atoms with Gasteiger partial charge in [0, 0.05) is 20.1 Å². The number of nitrogens with one attached hydrogen (secondary N) is 1. The summed E-state index contributed by atoms with van der Waals surface area (Å²) in [6.45, 7) is 6.61. The molecule has 3 nitrogen and oxygen atoms in total. The topological polar surface area (TPSA) is 28.2 Å². The SMILES string of the molecule is CCCN(CCC)c1cncc(NC)c1. The number of rotatable bonds is 6. The monoisotopic (exact) mass is 207 g/mol. The molecule has 0 aliphatic carbocycles. The first kappa shape index (κ1) is 11.8. The molecule has 84 valence electrons. The molecule has 0 spiro atoms. The largest absolute Gasteiger partial charge is 0.387 e. The predicted molar refractivity (Wildman–Crippen MR) is 66.6 cm³/mol. The zero-order valence-electron chi connectivity index (χ0n) is 9.95. The molecule has 0 atom stereocenters. The third-order valence-corrected chi connectivity index (χ3v) is 2.36. The van der Waals surface area contributed by atoms with Gasteiger partial charge in [0.05, 0.1) is 23.8 Å². The van der Waals surface area contributed by atoms with E-state index >= 15 is 0 Å². The van der Waals surface area contributed by atoms with Gasteiger partial charge in [0.2, 0.25) is 0 Å². The van der Waals surface area contributed by atoms with Crippen LogP contribution in [0.5, 0.6) is 0 Å². The number of anilines is 2. The molecule has 1 aromatic heterocycles. The molecule has 1 N–H and O–H groups in total. The zero-order valence-corrected chi connectivity index (χ0v) is 9.95. The summed E-state index contributed by atoms with van der Waals surface area (Å²) in [6, 6.07) is 2.15. The van der Waals surface area contributed by atoms with Crippen molar-refractivity contribution in [2.75, 3.05) is 30.4 Å². The van der Waals surface area contributed by atoms with E-state index in [0.717, 1.165) is 18.8 Å². The van der Waals surface area contributed by atoms with Crippen molar-refractivity contribution in [2.24, 2.45) is 0 Å². The van der Waals surface area contributed by atoms with Crippen LogP contribution >= 0.6 is 0 Å². The Morgan fingerprint density at radius 1 is 1.20 bits per heavy atom. The summed E-state index contributed by atoms with van der Waals surface area (Å²) in [4.78, 5) is 6.62. The van der Waals surface area contributed by atoms with Crippen LogP contribution in [0.3, 0.4) is 0 Å². The lowest BCUT2D eigenvalue weighted by atomic mass is 10.3. The molecule has 15 heavy (non-hydrogen) atoms. The Morgan fingerprint density at radius 3 is 2.40 bits per heavy atom. The Bertz CT molecular complexity index is 280. The molecule has 0 aliphatic heterocycles. The highest BCUT2D eigenvalue weighted by molar-refractivity contribution is 5.55. The van der Waals surface area contributed by atoms with Crippen molar-refractivity contribution in [3.8, 4) is 0 Å². The first-order valence-corrected chi connectivity index (χ1v) is 5.69. The quantitative estimate of drug-likeness (QED) is 0.777. The Morgan fingerprint density at radius 2 is 1.87 bits per heavy atom. The lowest BCUT2D eigenvalue weighted by molar-refractivity contribution is 0.743. The highest BCUT2D eigenvalue weighted by Gasteiger charge is 2.04. The summed E-state index contributed by atoms with van der Waals surface area (Å²) in [6.07, 6.45) is 6.12. The van der Waals surface area contributed by atoms with Crippen LogP contribution in [0.1, 0.15) is 26.7 Å². The highest BCUT2D eigenvalue weighted by Crippen LogP contribution is 2.17.